The molecule has 1 aromatic carbocycles. The first-order chi connectivity index (χ1) is 9.06. The van der Waals surface area contributed by atoms with E-state index in [1.54, 1.807) is 0 Å². The number of primary amides is 1. The van der Waals surface area contributed by atoms with Crippen molar-refractivity contribution in [3.63, 3.8) is 0 Å². The molecule has 1 aromatic rings. The van der Waals surface area contributed by atoms with Gasteiger partial charge in [-0.1, -0.05) is 12.1 Å². The lowest BCUT2D eigenvalue weighted by Crippen LogP contribution is -2.35. The molecule has 0 unspecified atom stereocenters. The van der Waals surface area contributed by atoms with Crippen molar-refractivity contribution in [3.8, 4) is 0 Å². The largest absolute Gasteiger partial charge is 0.372 e. The summed E-state index contributed by atoms with van der Waals surface area (Å²) in [5.74, 6) is 0.275. The lowest BCUT2D eigenvalue weighted by molar-refractivity contribution is -0.119. The highest BCUT2D eigenvalue weighted by Crippen LogP contribution is 2.25. The molecule has 0 spiro atoms. The van der Waals surface area contributed by atoms with Crippen LogP contribution in [0.1, 0.15) is 37.8 Å². The summed E-state index contributed by atoms with van der Waals surface area (Å²) in [5, 5.41) is 0. The molecule has 1 aliphatic rings. The molecule has 1 aliphatic heterocycles. The topological polar surface area (TPSA) is 72.3 Å². The van der Waals surface area contributed by atoms with E-state index in [1.165, 1.54) is 5.69 Å². The molecule has 104 valence electrons. The minimum atomic E-state index is -0.181. The van der Waals surface area contributed by atoms with Gasteiger partial charge in [0.25, 0.3) is 0 Å². The highest BCUT2D eigenvalue weighted by molar-refractivity contribution is 5.74. The first kappa shape index (κ1) is 13.9. The maximum atomic E-state index is 10.9. The Labute approximate surface area is 114 Å². The first-order valence-corrected chi connectivity index (χ1v) is 6.95. The van der Waals surface area contributed by atoms with Gasteiger partial charge in [0.1, 0.15) is 0 Å². The number of benzene rings is 1. The quantitative estimate of drug-likeness (QED) is 0.868. The molecule has 0 radical (unpaired) electrons. The van der Waals surface area contributed by atoms with E-state index in [2.05, 4.69) is 29.2 Å². The molecule has 0 bridgehead atoms. The molecule has 1 amide bonds. The van der Waals surface area contributed by atoms with Crippen LogP contribution in [0, 0.1) is 5.92 Å². The monoisotopic (exact) mass is 261 g/mol. The van der Waals surface area contributed by atoms with Gasteiger partial charge in [-0.15, -0.1) is 0 Å². The molecule has 1 heterocycles. The number of rotatable bonds is 4. The van der Waals surface area contributed by atoms with Crippen LogP contribution in [0.25, 0.3) is 0 Å². The van der Waals surface area contributed by atoms with Crippen LogP contribution in [0.2, 0.25) is 0 Å². The summed E-state index contributed by atoms with van der Waals surface area (Å²) in [4.78, 5) is 13.3. The molecular weight excluding hydrogens is 238 g/mol. The van der Waals surface area contributed by atoms with Gasteiger partial charge in [-0.25, -0.2) is 0 Å². The second-order valence-corrected chi connectivity index (χ2v) is 5.48. The molecule has 4 heteroatoms. The van der Waals surface area contributed by atoms with E-state index in [0.717, 1.165) is 31.5 Å². The van der Waals surface area contributed by atoms with Crippen molar-refractivity contribution in [1.29, 1.82) is 0 Å². The van der Waals surface area contributed by atoms with E-state index in [-0.39, 0.29) is 11.9 Å². The van der Waals surface area contributed by atoms with Gasteiger partial charge in [-0.05, 0) is 43.4 Å². The van der Waals surface area contributed by atoms with Crippen molar-refractivity contribution in [2.45, 2.75) is 32.2 Å². The highest BCUT2D eigenvalue weighted by atomic mass is 16.1. The van der Waals surface area contributed by atoms with Gasteiger partial charge in [0.05, 0.1) is 0 Å². The van der Waals surface area contributed by atoms with Gasteiger partial charge >= 0.3 is 0 Å². The molecule has 0 saturated carbocycles. The molecule has 1 saturated heterocycles. The van der Waals surface area contributed by atoms with Gasteiger partial charge < -0.3 is 16.4 Å². The molecule has 19 heavy (non-hydrogen) atoms. The highest BCUT2D eigenvalue weighted by Gasteiger charge is 2.20. The Morgan fingerprint density at radius 3 is 2.37 bits per heavy atom. The maximum Gasteiger partial charge on any atom is 0.217 e. The Hall–Kier alpha value is -1.55. The fraction of sp³-hybridized carbons (Fsp3) is 0.533. The lowest BCUT2D eigenvalue weighted by atomic mass is 9.93. The number of nitrogens with zero attached hydrogens (tertiary/aromatic N) is 1. The zero-order valence-electron chi connectivity index (χ0n) is 11.5. The van der Waals surface area contributed by atoms with Crippen LogP contribution in [0.3, 0.4) is 0 Å². The fourth-order valence-electron chi connectivity index (χ4n) is 2.67. The Bertz CT molecular complexity index is 420. The number of anilines is 1. The summed E-state index contributed by atoms with van der Waals surface area (Å²) >= 11 is 0. The molecule has 1 fully saturated rings. The standard InChI is InChI=1S/C15H23N3O/c1-11(16)13-2-4-14(5-3-13)18-8-6-12(7-9-18)10-15(17)19/h2-5,11-12H,6-10,16H2,1H3,(H2,17,19)/t11-/m1/s1. The third-order valence-electron chi connectivity index (χ3n) is 3.89. The van der Waals surface area contributed by atoms with Gasteiger partial charge in [0.15, 0.2) is 0 Å². The molecule has 4 nitrogen and oxygen atoms in total. The maximum absolute atomic E-state index is 10.9. The zero-order valence-corrected chi connectivity index (χ0v) is 11.5. The van der Waals surface area contributed by atoms with E-state index in [0.29, 0.717) is 12.3 Å². The van der Waals surface area contributed by atoms with E-state index >= 15 is 0 Å². The van der Waals surface area contributed by atoms with E-state index in [1.807, 2.05) is 6.92 Å². The average Bonchev–Trinajstić information content (AvgIpc) is 2.39. The number of nitrogens with two attached hydrogens (primary N) is 2. The Morgan fingerprint density at radius 1 is 1.32 bits per heavy atom. The van der Waals surface area contributed by atoms with Crippen LogP contribution in [-0.4, -0.2) is 19.0 Å². The third kappa shape index (κ3) is 3.70. The van der Waals surface area contributed by atoms with Crippen molar-refractivity contribution >= 4 is 11.6 Å². The summed E-state index contributed by atoms with van der Waals surface area (Å²) in [6.45, 7) is 3.98. The number of carbonyl (C=O) groups is 1. The molecule has 2 rings (SSSR count). The number of piperidine rings is 1. The predicted molar refractivity (Wildman–Crippen MR) is 77.8 cm³/mol. The summed E-state index contributed by atoms with van der Waals surface area (Å²) in [6, 6.07) is 8.53. The smallest absolute Gasteiger partial charge is 0.217 e. The van der Waals surface area contributed by atoms with E-state index in [9.17, 15) is 4.79 Å². The second-order valence-electron chi connectivity index (χ2n) is 5.48. The SMILES string of the molecule is C[C@@H](N)c1ccc(N2CCC(CC(N)=O)CC2)cc1. The van der Waals surface area contributed by atoms with Crippen LogP contribution in [0.5, 0.6) is 0 Å². The minimum Gasteiger partial charge on any atom is -0.372 e. The normalized spacial score (nSPS) is 18.3. The fourth-order valence-corrected chi connectivity index (χ4v) is 2.67. The van der Waals surface area contributed by atoms with E-state index in [4.69, 9.17) is 11.5 Å². The van der Waals surface area contributed by atoms with Crippen molar-refractivity contribution in [2.75, 3.05) is 18.0 Å². The first-order valence-electron chi connectivity index (χ1n) is 6.95. The van der Waals surface area contributed by atoms with Crippen molar-refractivity contribution < 1.29 is 4.79 Å². The third-order valence-corrected chi connectivity index (χ3v) is 3.89. The summed E-state index contributed by atoms with van der Waals surface area (Å²) in [5.41, 5.74) is 13.5. The van der Waals surface area contributed by atoms with Crippen molar-refractivity contribution in [2.24, 2.45) is 17.4 Å². The van der Waals surface area contributed by atoms with Crippen molar-refractivity contribution in [3.05, 3.63) is 29.8 Å². The predicted octanol–water partition coefficient (Wildman–Crippen LogP) is 1.80. The molecule has 4 N–H and O–H groups in total. The van der Waals surface area contributed by atoms with Crippen LogP contribution in [0.4, 0.5) is 5.69 Å². The average molecular weight is 261 g/mol. The number of hydrogen-bond donors (Lipinski definition) is 2. The van der Waals surface area contributed by atoms with Gasteiger partial charge in [-0.2, -0.15) is 0 Å². The van der Waals surface area contributed by atoms with Gasteiger partial charge in [0.2, 0.25) is 5.91 Å². The number of amides is 1. The molecule has 1 atom stereocenters. The Kier molecular flexibility index (Phi) is 4.43. The molecule has 0 aliphatic carbocycles. The van der Waals surface area contributed by atoms with Crippen molar-refractivity contribution in [1.82, 2.24) is 0 Å². The lowest BCUT2D eigenvalue weighted by Gasteiger charge is -2.33. The Morgan fingerprint density at radius 2 is 1.89 bits per heavy atom. The van der Waals surface area contributed by atoms with Crippen LogP contribution < -0.4 is 16.4 Å². The summed E-state index contributed by atoms with van der Waals surface area (Å²) in [6.07, 6.45) is 2.60. The van der Waals surface area contributed by atoms with Gasteiger partial charge in [0, 0.05) is 31.2 Å². The number of hydrogen-bond acceptors (Lipinski definition) is 3. The Balaban J connectivity index is 1.92. The van der Waals surface area contributed by atoms with E-state index < -0.39 is 0 Å². The molecular formula is C15H23N3O. The number of carbonyl (C=O) groups excluding carboxylic acids is 1. The minimum absolute atomic E-state index is 0.0790. The summed E-state index contributed by atoms with van der Waals surface area (Å²) < 4.78 is 0. The molecule has 0 aromatic heterocycles. The summed E-state index contributed by atoms with van der Waals surface area (Å²) in [7, 11) is 0. The van der Waals surface area contributed by atoms with Crippen LogP contribution in [0.15, 0.2) is 24.3 Å². The zero-order chi connectivity index (χ0) is 13.8. The van der Waals surface area contributed by atoms with Gasteiger partial charge in [-0.3, -0.25) is 4.79 Å². The second kappa shape index (κ2) is 6.06. The van der Waals surface area contributed by atoms with Crippen LogP contribution in [-0.2, 0) is 4.79 Å². The van der Waals surface area contributed by atoms with Crippen LogP contribution >= 0.6 is 0 Å².